The van der Waals surface area contributed by atoms with Crippen LogP contribution >= 0.6 is 0 Å². The summed E-state index contributed by atoms with van der Waals surface area (Å²) in [4.78, 5) is 0. The van der Waals surface area contributed by atoms with E-state index < -0.39 is 20.6 Å². The van der Waals surface area contributed by atoms with E-state index in [2.05, 4.69) is 0 Å². The Hall–Kier alpha value is -0.190. The van der Waals surface area contributed by atoms with Crippen LogP contribution in [0.25, 0.3) is 0 Å². The molecular formula is C5H6F2O2S. The van der Waals surface area contributed by atoms with Gasteiger partial charge in [-0.2, -0.15) is 8.42 Å². The van der Waals surface area contributed by atoms with Crippen molar-refractivity contribution in [3.05, 3.63) is 0 Å². The fourth-order valence-corrected chi connectivity index (χ4v) is 3.13. The van der Waals surface area contributed by atoms with Crippen molar-refractivity contribution >= 4 is 10.2 Å². The summed E-state index contributed by atoms with van der Waals surface area (Å²) in [5, 5.41) is 0. The van der Waals surface area contributed by atoms with Gasteiger partial charge in [0.15, 0.2) is 0 Å². The second-order valence-electron chi connectivity index (χ2n) is 3.30. The first-order chi connectivity index (χ1) is 4.37. The molecule has 10 heavy (non-hydrogen) atoms. The number of alkyl halides is 1. The van der Waals surface area contributed by atoms with Gasteiger partial charge in [-0.15, -0.1) is 3.89 Å². The summed E-state index contributed by atoms with van der Waals surface area (Å²) >= 11 is 0. The predicted octanol–water partition coefficient (Wildman–Crippen LogP) is 0.930. The molecule has 0 unspecified atom stereocenters. The summed E-state index contributed by atoms with van der Waals surface area (Å²) in [6.45, 7) is 0. The van der Waals surface area contributed by atoms with Crippen molar-refractivity contribution in [3.8, 4) is 0 Å². The molecule has 0 aliphatic heterocycles. The lowest BCUT2D eigenvalue weighted by Crippen LogP contribution is -2.72. The van der Waals surface area contributed by atoms with E-state index in [1.54, 1.807) is 0 Å². The second-order valence-corrected chi connectivity index (χ2v) is 5.04. The molecule has 3 rings (SSSR count). The van der Waals surface area contributed by atoms with Crippen LogP contribution < -0.4 is 0 Å². The van der Waals surface area contributed by atoms with Gasteiger partial charge in [0, 0.05) is 19.3 Å². The Bertz CT molecular complexity index is 262. The van der Waals surface area contributed by atoms with Crippen LogP contribution in [0, 0.1) is 0 Å². The maximum absolute atomic E-state index is 12.6. The van der Waals surface area contributed by atoms with Gasteiger partial charge in [0.2, 0.25) is 0 Å². The lowest BCUT2D eigenvalue weighted by Gasteiger charge is -2.62. The smallest absolute Gasteiger partial charge is 0.244 e. The van der Waals surface area contributed by atoms with Crippen LogP contribution in [-0.4, -0.2) is 18.8 Å². The van der Waals surface area contributed by atoms with E-state index in [0.717, 1.165) is 0 Å². The molecular weight excluding hydrogens is 162 g/mol. The van der Waals surface area contributed by atoms with Gasteiger partial charge in [0.05, 0.1) is 0 Å². The van der Waals surface area contributed by atoms with E-state index in [1.807, 2.05) is 0 Å². The third-order valence-corrected chi connectivity index (χ3v) is 3.90. The SMILES string of the molecule is O=S(=O)(F)C12CC(F)(C1)C2. The van der Waals surface area contributed by atoms with Gasteiger partial charge in [-0.1, -0.05) is 0 Å². The van der Waals surface area contributed by atoms with E-state index in [-0.39, 0.29) is 19.3 Å². The molecule has 58 valence electrons. The molecule has 3 aliphatic carbocycles. The molecule has 3 saturated carbocycles. The summed E-state index contributed by atoms with van der Waals surface area (Å²) in [6, 6.07) is 0. The highest BCUT2D eigenvalue weighted by molar-refractivity contribution is 7.88. The van der Waals surface area contributed by atoms with Crippen molar-refractivity contribution in [2.45, 2.75) is 29.7 Å². The molecule has 0 spiro atoms. The number of hydrogen-bond acceptors (Lipinski definition) is 2. The lowest BCUT2D eigenvalue weighted by atomic mass is 9.53. The van der Waals surface area contributed by atoms with Gasteiger partial charge in [-0.25, -0.2) is 4.39 Å². The minimum Gasteiger partial charge on any atom is -0.244 e. The van der Waals surface area contributed by atoms with Crippen molar-refractivity contribution in [1.82, 2.24) is 0 Å². The Balaban J connectivity index is 2.27. The van der Waals surface area contributed by atoms with Crippen LogP contribution in [0.4, 0.5) is 8.28 Å². The monoisotopic (exact) mass is 168 g/mol. The Morgan fingerprint density at radius 1 is 1.20 bits per heavy atom. The van der Waals surface area contributed by atoms with Gasteiger partial charge in [-0.05, 0) is 0 Å². The van der Waals surface area contributed by atoms with Crippen molar-refractivity contribution in [3.63, 3.8) is 0 Å². The van der Waals surface area contributed by atoms with E-state index in [4.69, 9.17) is 0 Å². The number of hydrogen-bond donors (Lipinski definition) is 0. The zero-order chi connectivity index (χ0) is 7.62. The molecule has 5 heteroatoms. The number of rotatable bonds is 1. The first-order valence-corrected chi connectivity index (χ1v) is 4.39. The van der Waals surface area contributed by atoms with Crippen molar-refractivity contribution in [1.29, 1.82) is 0 Å². The third-order valence-electron chi connectivity index (χ3n) is 2.43. The third kappa shape index (κ3) is 0.504. The molecule has 0 aromatic rings. The maximum atomic E-state index is 12.6. The molecule has 2 nitrogen and oxygen atoms in total. The first-order valence-electron chi connectivity index (χ1n) is 3.00. The zero-order valence-corrected chi connectivity index (χ0v) is 5.92. The van der Waals surface area contributed by atoms with E-state index in [0.29, 0.717) is 0 Å². The molecule has 3 aliphatic rings. The summed E-state index contributed by atoms with van der Waals surface area (Å²) in [7, 11) is -4.48. The normalized spacial score (nSPS) is 51.4. The average Bonchev–Trinajstić information content (AvgIpc) is 1.51. The molecule has 0 atom stereocenters. The van der Waals surface area contributed by atoms with Crippen LogP contribution in [0.5, 0.6) is 0 Å². The average molecular weight is 168 g/mol. The Morgan fingerprint density at radius 2 is 1.60 bits per heavy atom. The van der Waals surface area contributed by atoms with Crippen molar-refractivity contribution in [2.75, 3.05) is 0 Å². The topological polar surface area (TPSA) is 34.1 Å². The first kappa shape index (κ1) is 6.52. The van der Waals surface area contributed by atoms with Gasteiger partial charge in [-0.3, -0.25) is 0 Å². The minimum atomic E-state index is -4.48. The number of halogens is 2. The zero-order valence-electron chi connectivity index (χ0n) is 5.10. The molecule has 0 N–H and O–H groups in total. The molecule has 0 amide bonds. The Kier molecular flexibility index (Phi) is 0.809. The summed E-state index contributed by atoms with van der Waals surface area (Å²) < 4.78 is 44.1. The Morgan fingerprint density at radius 3 is 1.70 bits per heavy atom. The predicted molar refractivity (Wildman–Crippen MR) is 30.4 cm³/mol. The van der Waals surface area contributed by atoms with E-state index in [1.165, 1.54) is 0 Å². The largest absolute Gasteiger partial charge is 0.308 e. The molecule has 3 fully saturated rings. The summed E-state index contributed by atoms with van der Waals surface area (Å²) in [5.74, 6) is 0. The molecule has 0 radical (unpaired) electrons. The Labute approximate surface area is 57.4 Å². The summed E-state index contributed by atoms with van der Waals surface area (Å²) in [6.07, 6.45) is -0.378. The van der Waals surface area contributed by atoms with Gasteiger partial charge in [0.25, 0.3) is 0 Å². The molecule has 0 heterocycles. The molecule has 0 aromatic heterocycles. The summed E-state index contributed by atoms with van der Waals surface area (Å²) in [5.41, 5.74) is -1.33. The quantitative estimate of drug-likeness (QED) is 0.546. The lowest BCUT2D eigenvalue weighted by molar-refractivity contribution is -0.108. The van der Waals surface area contributed by atoms with Crippen LogP contribution in [0.15, 0.2) is 0 Å². The molecule has 0 saturated heterocycles. The van der Waals surface area contributed by atoms with E-state index in [9.17, 15) is 16.7 Å². The van der Waals surface area contributed by atoms with Gasteiger partial charge in [0.1, 0.15) is 10.4 Å². The van der Waals surface area contributed by atoms with Crippen LogP contribution in [-0.2, 0) is 10.2 Å². The van der Waals surface area contributed by atoms with E-state index >= 15 is 0 Å². The minimum absolute atomic E-state index is 0.126. The highest BCUT2D eigenvalue weighted by Crippen LogP contribution is 2.67. The van der Waals surface area contributed by atoms with Gasteiger partial charge < -0.3 is 0 Å². The second kappa shape index (κ2) is 1.24. The van der Waals surface area contributed by atoms with Crippen LogP contribution in [0.2, 0.25) is 0 Å². The molecule has 0 aromatic carbocycles. The van der Waals surface area contributed by atoms with Crippen molar-refractivity contribution < 1.29 is 16.7 Å². The molecule has 2 bridgehead atoms. The van der Waals surface area contributed by atoms with Gasteiger partial charge >= 0.3 is 10.2 Å². The standard InChI is InChI=1S/C5H6F2O2S/c6-4-1-5(2-4,3-4)10(7,8)9/h1-3H2. The highest BCUT2D eigenvalue weighted by atomic mass is 32.3. The van der Waals surface area contributed by atoms with Crippen LogP contribution in [0.3, 0.4) is 0 Å². The maximum Gasteiger partial charge on any atom is 0.308 e. The fraction of sp³-hybridized carbons (Fsp3) is 1.00. The fourth-order valence-electron chi connectivity index (χ4n) is 1.84. The van der Waals surface area contributed by atoms with Crippen LogP contribution in [0.1, 0.15) is 19.3 Å². The highest BCUT2D eigenvalue weighted by Gasteiger charge is 2.76. The van der Waals surface area contributed by atoms with Crippen molar-refractivity contribution in [2.24, 2.45) is 0 Å².